The second-order valence-corrected chi connectivity index (χ2v) is 7.67. The molecule has 0 aliphatic carbocycles. The van der Waals surface area contributed by atoms with Crippen LogP contribution >= 0.6 is 22.9 Å². The number of nitrogens with one attached hydrogen (secondary N) is 1. The highest BCUT2D eigenvalue weighted by molar-refractivity contribution is 7.94. The molecule has 0 radical (unpaired) electrons. The van der Waals surface area contributed by atoms with E-state index in [1.807, 2.05) is 6.07 Å². The molecule has 21 heavy (non-hydrogen) atoms. The Kier molecular flexibility index (Phi) is 4.73. The molecule has 110 valence electrons. The summed E-state index contributed by atoms with van der Waals surface area (Å²) in [5.41, 5.74) is 1.07. The van der Waals surface area contributed by atoms with Crippen LogP contribution in [0, 0.1) is 18.3 Å². The Morgan fingerprint density at radius 1 is 1.43 bits per heavy atom. The smallest absolute Gasteiger partial charge is 0.271 e. The first kappa shape index (κ1) is 15.6. The topological polar surface area (TPSA) is 79.2 Å². The summed E-state index contributed by atoms with van der Waals surface area (Å²) >= 11 is 6.90. The Morgan fingerprint density at radius 2 is 2.19 bits per heavy atom. The third-order valence-electron chi connectivity index (χ3n) is 2.49. The van der Waals surface area contributed by atoms with E-state index in [0.717, 1.165) is 11.3 Å². The van der Waals surface area contributed by atoms with Gasteiger partial charge in [-0.1, -0.05) is 17.7 Å². The molecule has 0 aliphatic rings. The Balaban J connectivity index is 2.22. The summed E-state index contributed by atoms with van der Waals surface area (Å²) in [5.74, 6) is 0.414. The molecule has 0 unspecified atom stereocenters. The lowest BCUT2D eigenvalue weighted by atomic mass is 10.3. The number of hydrogen-bond donors (Lipinski definition) is 1. The molecule has 0 spiro atoms. The molecule has 0 atom stereocenters. The van der Waals surface area contributed by atoms with Crippen LogP contribution in [0.5, 0.6) is 5.75 Å². The van der Waals surface area contributed by atoms with Crippen molar-refractivity contribution in [2.75, 3.05) is 11.3 Å². The minimum atomic E-state index is -3.69. The molecule has 0 fully saturated rings. The molecule has 2 rings (SSSR count). The molecule has 1 aromatic carbocycles. The van der Waals surface area contributed by atoms with Crippen molar-refractivity contribution in [3.05, 3.63) is 40.2 Å². The van der Waals surface area contributed by atoms with Gasteiger partial charge in [-0.15, -0.1) is 11.3 Å². The number of nitriles is 1. The minimum Gasteiger partial charge on any atom is -0.479 e. The van der Waals surface area contributed by atoms with Crippen LogP contribution in [0.15, 0.2) is 34.5 Å². The number of benzene rings is 1. The number of thiophene rings is 1. The maximum atomic E-state index is 12.2. The predicted octanol–water partition coefficient (Wildman–Crippen LogP) is 3.41. The Morgan fingerprint density at radius 3 is 2.81 bits per heavy atom. The number of nitrogens with zero attached hydrogens (tertiary/aromatic N) is 1. The van der Waals surface area contributed by atoms with E-state index in [2.05, 4.69) is 4.72 Å². The fourth-order valence-corrected chi connectivity index (χ4v) is 4.29. The number of sulfonamides is 1. The van der Waals surface area contributed by atoms with Gasteiger partial charge in [0.2, 0.25) is 0 Å². The van der Waals surface area contributed by atoms with Crippen LogP contribution in [0.25, 0.3) is 0 Å². The van der Waals surface area contributed by atoms with Crippen LogP contribution in [0.3, 0.4) is 0 Å². The number of rotatable bonds is 5. The van der Waals surface area contributed by atoms with Crippen molar-refractivity contribution in [2.24, 2.45) is 0 Å². The summed E-state index contributed by atoms with van der Waals surface area (Å²) in [6.07, 6.45) is 0. The lowest BCUT2D eigenvalue weighted by Crippen LogP contribution is -2.11. The summed E-state index contributed by atoms with van der Waals surface area (Å²) in [6.45, 7) is 1.64. The van der Waals surface area contributed by atoms with Gasteiger partial charge in [-0.25, -0.2) is 8.42 Å². The quantitative estimate of drug-likeness (QED) is 0.903. The number of halogens is 1. The monoisotopic (exact) mass is 342 g/mol. The molecule has 1 N–H and O–H groups in total. The van der Waals surface area contributed by atoms with Crippen LogP contribution in [0.1, 0.15) is 5.56 Å². The molecular formula is C13H11ClN2O3S2. The van der Waals surface area contributed by atoms with E-state index >= 15 is 0 Å². The normalized spacial score (nSPS) is 10.9. The van der Waals surface area contributed by atoms with Gasteiger partial charge in [-0.3, -0.25) is 4.72 Å². The molecule has 0 aliphatic heterocycles. The Bertz CT molecular complexity index is 774. The van der Waals surface area contributed by atoms with Crippen molar-refractivity contribution >= 4 is 38.6 Å². The molecule has 1 aromatic heterocycles. The van der Waals surface area contributed by atoms with E-state index in [0.29, 0.717) is 21.3 Å². The second kappa shape index (κ2) is 6.35. The molecule has 8 heteroatoms. The van der Waals surface area contributed by atoms with E-state index < -0.39 is 10.0 Å². The fraction of sp³-hybridized carbons (Fsp3) is 0.154. The highest BCUT2D eigenvalue weighted by atomic mass is 35.5. The van der Waals surface area contributed by atoms with Crippen molar-refractivity contribution in [2.45, 2.75) is 11.1 Å². The average Bonchev–Trinajstić information content (AvgIpc) is 2.77. The van der Waals surface area contributed by atoms with Crippen molar-refractivity contribution in [3.63, 3.8) is 0 Å². The predicted molar refractivity (Wildman–Crippen MR) is 82.4 cm³/mol. The van der Waals surface area contributed by atoms with Crippen LogP contribution in [-0.4, -0.2) is 15.0 Å². The number of aryl methyl sites for hydroxylation is 1. The van der Waals surface area contributed by atoms with Crippen LogP contribution in [0.2, 0.25) is 4.34 Å². The SMILES string of the molecule is Cc1cc(S(=O)(=O)Nc2cccc(OCC#N)c2)sc1Cl. The van der Waals surface area contributed by atoms with E-state index in [4.69, 9.17) is 21.6 Å². The number of ether oxygens (including phenoxy) is 1. The van der Waals surface area contributed by atoms with E-state index in [1.165, 1.54) is 12.1 Å². The highest BCUT2D eigenvalue weighted by Crippen LogP contribution is 2.31. The molecule has 0 saturated carbocycles. The second-order valence-electron chi connectivity index (χ2n) is 4.10. The molecule has 0 amide bonds. The van der Waals surface area contributed by atoms with Crippen molar-refractivity contribution in [1.82, 2.24) is 0 Å². The minimum absolute atomic E-state index is 0.101. The molecule has 0 bridgehead atoms. The molecule has 0 saturated heterocycles. The van der Waals surface area contributed by atoms with Crippen LogP contribution < -0.4 is 9.46 Å². The maximum absolute atomic E-state index is 12.2. The van der Waals surface area contributed by atoms with Crippen LogP contribution in [0.4, 0.5) is 5.69 Å². The summed E-state index contributed by atoms with van der Waals surface area (Å²) in [4.78, 5) is 0. The highest BCUT2D eigenvalue weighted by Gasteiger charge is 2.18. The van der Waals surface area contributed by atoms with Gasteiger partial charge in [0.25, 0.3) is 10.0 Å². The molecular weight excluding hydrogens is 332 g/mol. The maximum Gasteiger partial charge on any atom is 0.271 e. The van der Waals surface area contributed by atoms with E-state index in [-0.39, 0.29) is 10.8 Å². The first-order valence-corrected chi connectivity index (χ1v) is 8.49. The van der Waals surface area contributed by atoms with E-state index in [1.54, 1.807) is 25.1 Å². The van der Waals surface area contributed by atoms with Gasteiger partial charge < -0.3 is 4.74 Å². The fourth-order valence-electron chi connectivity index (χ4n) is 1.53. The third kappa shape index (κ3) is 3.88. The standard InChI is InChI=1S/C13H11ClN2O3S2/c1-9-7-12(20-13(9)14)21(17,18)16-10-3-2-4-11(8-10)19-6-5-15/h2-4,7-8,16H,6H2,1H3. The van der Waals surface area contributed by atoms with Gasteiger partial charge in [-0.2, -0.15) is 5.26 Å². The van der Waals surface area contributed by atoms with Crippen molar-refractivity contribution in [1.29, 1.82) is 5.26 Å². The largest absolute Gasteiger partial charge is 0.479 e. The molecule has 2 aromatic rings. The van der Waals surface area contributed by atoms with Gasteiger partial charge in [0.15, 0.2) is 6.61 Å². The first-order valence-electron chi connectivity index (χ1n) is 5.81. The van der Waals surface area contributed by atoms with Gasteiger partial charge in [-0.05, 0) is 30.7 Å². The van der Waals surface area contributed by atoms with Crippen LogP contribution in [-0.2, 0) is 10.0 Å². The molecule has 5 nitrogen and oxygen atoms in total. The molecule has 1 heterocycles. The van der Waals surface area contributed by atoms with Crippen molar-refractivity contribution in [3.8, 4) is 11.8 Å². The van der Waals surface area contributed by atoms with Gasteiger partial charge in [0, 0.05) is 6.07 Å². The zero-order chi connectivity index (χ0) is 15.5. The van der Waals surface area contributed by atoms with Crippen molar-refractivity contribution < 1.29 is 13.2 Å². The van der Waals surface area contributed by atoms with Gasteiger partial charge in [0.05, 0.1) is 10.0 Å². The Hall–Kier alpha value is -1.75. The summed E-state index contributed by atoms with van der Waals surface area (Å²) in [7, 11) is -3.69. The summed E-state index contributed by atoms with van der Waals surface area (Å²) in [5, 5.41) is 8.46. The zero-order valence-electron chi connectivity index (χ0n) is 11.0. The lowest BCUT2D eigenvalue weighted by molar-refractivity contribution is 0.368. The summed E-state index contributed by atoms with van der Waals surface area (Å²) in [6, 6.07) is 9.75. The first-order chi connectivity index (χ1) is 9.92. The Labute approximate surface area is 131 Å². The third-order valence-corrected chi connectivity index (χ3v) is 5.90. The zero-order valence-corrected chi connectivity index (χ0v) is 13.3. The number of hydrogen-bond acceptors (Lipinski definition) is 5. The van der Waals surface area contributed by atoms with Gasteiger partial charge in [0.1, 0.15) is 16.0 Å². The average molecular weight is 343 g/mol. The van der Waals surface area contributed by atoms with E-state index in [9.17, 15) is 8.42 Å². The number of anilines is 1. The van der Waals surface area contributed by atoms with Gasteiger partial charge >= 0.3 is 0 Å². The summed E-state index contributed by atoms with van der Waals surface area (Å²) < 4.78 is 32.7. The lowest BCUT2D eigenvalue weighted by Gasteiger charge is -2.08.